The van der Waals surface area contributed by atoms with Gasteiger partial charge in [-0.2, -0.15) is 0 Å². The number of hydrogen-bond acceptors (Lipinski definition) is 2. The first-order valence-corrected chi connectivity index (χ1v) is 7.39. The molecule has 0 aliphatic heterocycles. The number of nitrogens with zero attached hydrogens (tertiary/aromatic N) is 1. The Morgan fingerprint density at radius 2 is 1.64 bits per heavy atom. The molecule has 0 unspecified atom stereocenters. The van der Waals surface area contributed by atoms with Crippen molar-refractivity contribution >= 4 is 38.7 Å². The van der Waals surface area contributed by atoms with Crippen molar-refractivity contribution in [2.45, 2.75) is 6.92 Å². The van der Waals surface area contributed by atoms with Crippen LogP contribution >= 0.6 is 0 Å². The molecule has 0 bridgehead atoms. The van der Waals surface area contributed by atoms with Gasteiger partial charge in [0, 0.05) is 16.2 Å². The summed E-state index contributed by atoms with van der Waals surface area (Å²) in [6, 6.07) is 20.2. The average molecular weight is 289 g/mol. The van der Waals surface area contributed by atoms with Crippen molar-refractivity contribution in [3.63, 3.8) is 0 Å². The molecule has 0 amide bonds. The first-order valence-electron chi connectivity index (χ1n) is 7.39. The lowest BCUT2D eigenvalue weighted by Gasteiger charge is -2.07. The lowest BCUT2D eigenvalue weighted by Crippen LogP contribution is -2.13. The number of carbonyl (C=O) groups is 1. The fraction of sp³-hybridized carbons (Fsp3) is 0.105. The summed E-state index contributed by atoms with van der Waals surface area (Å²) in [5.41, 5.74) is 1.80. The summed E-state index contributed by atoms with van der Waals surface area (Å²) in [6.07, 6.45) is -0.329. The topological polar surface area (TPSA) is 31.2 Å². The molecule has 4 rings (SSSR count). The summed E-state index contributed by atoms with van der Waals surface area (Å²) in [5.74, 6) is 0. The summed E-state index contributed by atoms with van der Waals surface area (Å²) in [6.45, 7) is 2.18. The summed E-state index contributed by atoms with van der Waals surface area (Å²) < 4.78 is 6.97. The second-order valence-corrected chi connectivity index (χ2v) is 5.23. The van der Waals surface area contributed by atoms with E-state index in [9.17, 15) is 4.79 Å². The molecule has 1 aromatic heterocycles. The minimum absolute atomic E-state index is 0.329. The van der Waals surface area contributed by atoms with Crippen molar-refractivity contribution in [3.8, 4) is 0 Å². The molecule has 108 valence electrons. The lowest BCUT2D eigenvalue weighted by atomic mass is 10.1. The molecule has 1 heterocycles. The normalized spacial score (nSPS) is 11.3. The van der Waals surface area contributed by atoms with Crippen LogP contribution in [0, 0.1) is 0 Å². The largest absolute Gasteiger partial charge is 0.449 e. The van der Waals surface area contributed by atoms with Crippen LogP contribution in [-0.2, 0) is 4.74 Å². The van der Waals surface area contributed by atoms with Gasteiger partial charge in [0.15, 0.2) is 0 Å². The number of ether oxygens (including phenoxy) is 1. The fourth-order valence-corrected chi connectivity index (χ4v) is 3.11. The van der Waals surface area contributed by atoms with Gasteiger partial charge >= 0.3 is 6.09 Å². The van der Waals surface area contributed by atoms with Crippen molar-refractivity contribution < 1.29 is 9.53 Å². The molecular formula is C19H15NO2. The van der Waals surface area contributed by atoms with Crippen molar-refractivity contribution in [2.24, 2.45) is 0 Å². The van der Waals surface area contributed by atoms with Gasteiger partial charge in [-0.15, -0.1) is 0 Å². The molecule has 0 saturated heterocycles. The van der Waals surface area contributed by atoms with Crippen LogP contribution in [0.2, 0.25) is 0 Å². The van der Waals surface area contributed by atoms with Gasteiger partial charge in [-0.25, -0.2) is 9.36 Å². The molecule has 0 N–H and O–H groups in total. The Morgan fingerprint density at radius 1 is 0.909 bits per heavy atom. The number of rotatable bonds is 1. The molecule has 0 radical (unpaired) electrons. The minimum Gasteiger partial charge on any atom is -0.449 e. The second kappa shape index (κ2) is 4.88. The molecular weight excluding hydrogens is 274 g/mol. The minimum atomic E-state index is -0.329. The number of aromatic nitrogens is 1. The van der Waals surface area contributed by atoms with Crippen LogP contribution in [0.4, 0.5) is 4.79 Å². The van der Waals surface area contributed by atoms with E-state index >= 15 is 0 Å². The SMILES string of the molecule is CCOC(=O)n1c2ccccc2c2ccc3ccccc3c21. The molecule has 3 aromatic carbocycles. The van der Waals surface area contributed by atoms with Crippen LogP contribution in [0.5, 0.6) is 0 Å². The van der Waals surface area contributed by atoms with Gasteiger partial charge in [-0.3, -0.25) is 0 Å². The highest BCUT2D eigenvalue weighted by atomic mass is 16.5. The van der Waals surface area contributed by atoms with Crippen LogP contribution in [0.25, 0.3) is 32.6 Å². The van der Waals surface area contributed by atoms with Crippen molar-refractivity contribution in [1.82, 2.24) is 4.57 Å². The zero-order valence-corrected chi connectivity index (χ0v) is 12.2. The monoisotopic (exact) mass is 289 g/mol. The highest BCUT2D eigenvalue weighted by molar-refractivity contribution is 6.20. The maximum absolute atomic E-state index is 12.5. The summed E-state index contributed by atoms with van der Waals surface area (Å²) >= 11 is 0. The Kier molecular flexibility index (Phi) is 2.86. The first-order chi connectivity index (χ1) is 10.8. The number of hydrogen-bond donors (Lipinski definition) is 0. The maximum Gasteiger partial charge on any atom is 0.418 e. The number of carbonyl (C=O) groups excluding carboxylic acids is 1. The van der Waals surface area contributed by atoms with Gasteiger partial charge in [0.2, 0.25) is 0 Å². The highest BCUT2D eigenvalue weighted by Crippen LogP contribution is 2.34. The smallest absolute Gasteiger partial charge is 0.418 e. The summed E-state index contributed by atoms with van der Waals surface area (Å²) in [5, 5.41) is 4.31. The van der Waals surface area contributed by atoms with Gasteiger partial charge in [0.1, 0.15) is 0 Å². The van der Waals surface area contributed by atoms with Gasteiger partial charge in [0.05, 0.1) is 17.6 Å². The molecule has 0 aliphatic carbocycles. The summed E-state index contributed by atoms with van der Waals surface area (Å²) in [7, 11) is 0. The van der Waals surface area contributed by atoms with Crippen LogP contribution < -0.4 is 0 Å². The predicted molar refractivity (Wildman–Crippen MR) is 89.4 cm³/mol. The standard InChI is InChI=1S/C19H15NO2/c1-2-22-19(21)20-17-10-6-5-9-15(17)16-12-11-13-7-3-4-8-14(13)18(16)20/h3-12H,2H2,1H3. The molecule has 0 spiro atoms. The van der Waals surface area contributed by atoms with E-state index in [1.807, 2.05) is 49.4 Å². The molecule has 3 nitrogen and oxygen atoms in total. The lowest BCUT2D eigenvalue weighted by molar-refractivity contribution is 0.156. The zero-order chi connectivity index (χ0) is 15.1. The third-order valence-corrected chi connectivity index (χ3v) is 4.01. The zero-order valence-electron chi connectivity index (χ0n) is 12.2. The third kappa shape index (κ3) is 1.72. The number of para-hydroxylation sites is 1. The first kappa shape index (κ1) is 12.9. The maximum atomic E-state index is 12.5. The van der Waals surface area contributed by atoms with Crippen LogP contribution in [0.15, 0.2) is 60.7 Å². The van der Waals surface area contributed by atoms with Gasteiger partial charge < -0.3 is 4.74 Å². The van der Waals surface area contributed by atoms with Gasteiger partial charge in [-0.1, -0.05) is 54.6 Å². The van der Waals surface area contributed by atoms with E-state index in [1.165, 1.54) is 0 Å². The molecule has 0 aliphatic rings. The Labute approximate surface area is 127 Å². The van der Waals surface area contributed by atoms with E-state index in [2.05, 4.69) is 18.2 Å². The van der Waals surface area contributed by atoms with Crippen LogP contribution in [0.1, 0.15) is 6.92 Å². The molecule has 0 saturated carbocycles. The van der Waals surface area contributed by atoms with Crippen molar-refractivity contribution in [2.75, 3.05) is 6.61 Å². The quantitative estimate of drug-likeness (QED) is 0.496. The van der Waals surface area contributed by atoms with E-state index in [0.29, 0.717) is 6.61 Å². The van der Waals surface area contributed by atoms with Crippen LogP contribution in [0.3, 0.4) is 0 Å². The molecule has 0 fully saturated rings. The Bertz CT molecular complexity index is 1010. The average Bonchev–Trinajstić information content (AvgIpc) is 2.90. The molecule has 22 heavy (non-hydrogen) atoms. The second-order valence-electron chi connectivity index (χ2n) is 5.23. The van der Waals surface area contributed by atoms with Gasteiger partial charge in [0.25, 0.3) is 0 Å². The predicted octanol–water partition coefficient (Wildman–Crippen LogP) is 4.95. The molecule has 4 aromatic rings. The van der Waals surface area contributed by atoms with Crippen LogP contribution in [-0.4, -0.2) is 17.3 Å². The van der Waals surface area contributed by atoms with E-state index in [-0.39, 0.29) is 6.09 Å². The molecule has 3 heteroatoms. The van der Waals surface area contributed by atoms with E-state index in [1.54, 1.807) is 4.57 Å². The van der Waals surface area contributed by atoms with E-state index in [0.717, 1.165) is 32.6 Å². The molecule has 0 atom stereocenters. The van der Waals surface area contributed by atoms with Crippen molar-refractivity contribution in [3.05, 3.63) is 60.7 Å². The Balaban J connectivity index is 2.25. The van der Waals surface area contributed by atoms with E-state index < -0.39 is 0 Å². The Morgan fingerprint density at radius 3 is 2.45 bits per heavy atom. The highest BCUT2D eigenvalue weighted by Gasteiger charge is 2.18. The van der Waals surface area contributed by atoms with Gasteiger partial charge in [-0.05, 0) is 18.4 Å². The third-order valence-electron chi connectivity index (χ3n) is 4.01. The summed E-state index contributed by atoms with van der Waals surface area (Å²) in [4.78, 5) is 12.5. The van der Waals surface area contributed by atoms with E-state index in [4.69, 9.17) is 4.74 Å². The van der Waals surface area contributed by atoms with Crippen molar-refractivity contribution in [1.29, 1.82) is 0 Å². The number of benzene rings is 3. The number of fused-ring (bicyclic) bond motifs is 5. The fourth-order valence-electron chi connectivity index (χ4n) is 3.11. The Hall–Kier alpha value is -2.81.